The van der Waals surface area contributed by atoms with Gasteiger partial charge in [0.15, 0.2) is 0 Å². The molecule has 0 radical (unpaired) electrons. The van der Waals surface area contributed by atoms with Gasteiger partial charge < -0.3 is 14.8 Å². The van der Waals surface area contributed by atoms with Crippen LogP contribution in [0.3, 0.4) is 0 Å². The maximum atomic E-state index is 12.9. The maximum Gasteiger partial charge on any atom is 0.318 e. The quantitative estimate of drug-likeness (QED) is 0.834. The van der Waals surface area contributed by atoms with Crippen molar-refractivity contribution in [1.82, 2.24) is 19.8 Å². The van der Waals surface area contributed by atoms with Crippen molar-refractivity contribution in [3.63, 3.8) is 0 Å². The predicted octanol–water partition coefficient (Wildman–Crippen LogP) is 3.72. The van der Waals surface area contributed by atoms with Gasteiger partial charge in [-0.3, -0.25) is 0 Å². The molecule has 1 saturated heterocycles. The third-order valence-electron chi connectivity index (χ3n) is 6.10. The summed E-state index contributed by atoms with van der Waals surface area (Å²) in [6, 6.07) is 12.4. The van der Waals surface area contributed by atoms with Crippen LogP contribution in [-0.2, 0) is 6.54 Å². The minimum Gasteiger partial charge on any atom is -0.337 e. The number of nitriles is 1. The Morgan fingerprint density at radius 1 is 1.32 bits per heavy atom. The lowest BCUT2D eigenvalue weighted by molar-refractivity contribution is -0.0235. The molecule has 1 unspecified atom stereocenters. The first kappa shape index (κ1) is 18.5. The van der Waals surface area contributed by atoms with E-state index in [1.807, 2.05) is 35.5 Å². The first-order chi connectivity index (χ1) is 13.4. The van der Waals surface area contributed by atoms with Crippen molar-refractivity contribution < 1.29 is 4.79 Å². The maximum absolute atomic E-state index is 12.9. The molecule has 1 N–H and O–H groups in total. The summed E-state index contributed by atoms with van der Waals surface area (Å²) in [6.45, 7) is 6.39. The normalized spacial score (nSPS) is 21.5. The number of rotatable bonds is 6. The number of nitrogens with one attached hydrogen (secondary N) is 1. The summed E-state index contributed by atoms with van der Waals surface area (Å²) in [6.07, 6.45) is 6.37. The molecule has 2 heterocycles. The Hall–Kier alpha value is -2.81. The van der Waals surface area contributed by atoms with Gasteiger partial charge in [0.2, 0.25) is 0 Å². The van der Waals surface area contributed by atoms with Crippen LogP contribution in [0.25, 0.3) is 0 Å². The van der Waals surface area contributed by atoms with E-state index in [1.165, 1.54) is 5.56 Å². The summed E-state index contributed by atoms with van der Waals surface area (Å²) < 4.78 is 2.14. The van der Waals surface area contributed by atoms with Crippen LogP contribution in [0.5, 0.6) is 0 Å². The van der Waals surface area contributed by atoms with Crippen LogP contribution in [0.15, 0.2) is 42.7 Å². The van der Waals surface area contributed by atoms with Gasteiger partial charge in [0.25, 0.3) is 0 Å². The minimum atomic E-state index is -0.0580. The third-order valence-corrected chi connectivity index (χ3v) is 6.10. The Kier molecular flexibility index (Phi) is 4.62. The molecule has 6 nitrogen and oxygen atoms in total. The molecular weight excluding hydrogens is 350 g/mol. The Morgan fingerprint density at radius 3 is 2.71 bits per heavy atom. The Bertz CT molecular complexity index is 891. The van der Waals surface area contributed by atoms with E-state index in [-0.39, 0.29) is 22.9 Å². The molecule has 2 fully saturated rings. The van der Waals surface area contributed by atoms with Crippen molar-refractivity contribution in [2.75, 3.05) is 13.1 Å². The third kappa shape index (κ3) is 3.49. The Balaban J connectivity index is 1.48. The van der Waals surface area contributed by atoms with Crippen molar-refractivity contribution >= 4 is 6.03 Å². The largest absolute Gasteiger partial charge is 0.337 e. The fourth-order valence-corrected chi connectivity index (χ4v) is 4.21. The standard InChI is InChI=1S/C22H27N5O/c1-21(2)16-27(20(28)25-15-22(8-9-22)10-11-23)18(21)19-24-12-13-26(19)14-17-6-4-3-5-7-17/h3-7,12-13,18H,8-10,14-16H2,1-2H3,(H,25,28). The molecule has 6 heteroatoms. The summed E-state index contributed by atoms with van der Waals surface area (Å²) in [4.78, 5) is 19.4. The zero-order valence-corrected chi connectivity index (χ0v) is 16.6. The molecule has 1 aliphatic heterocycles. The second-order valence-corrected chi connectivity index (χ2v) is 8.91. The van der Waals surface area contributed by atoms with Gasteiger partial charge in [-0.15, -0.1) is 0 Å². The SMILES string of the molecule is CC1(C)CN(C(=O)NCC2(CC#N)CC2)C1c1nccn1Cc1ccccc1. The fourth-order valence-electron chi connectivity index (χ4n) is 4.21. The molecule has 2 aromatic rings. The van der Waals surface area contributed by atoms with Crippen LogP contribution in [-0.4, -0.2) is 33.6 Å². The van der Waals surface area contributed by atoms with E-state index in [4.69, 9.17) is 5.26 Å². The topological polar surface area (TPSA) is 74.0 Å². The van der Waals surface area contributed by atoms with Crippen molar-refractivity contribution in [2.45, 2.75) is 45.7 Å². The van der Waals surface area contributed by atoms with E-state index in [0.29, 0.717) is 19.5 Å². The molecule has 1 atom stereocenters. The number of hydrogen-bond acceptors (Lipinski definition) is 3. The highest BCUT2D eigenvalue weighted by Gasteiger charge is 2.51. The highest BCUT2D eigenvalue weighted by molar-refractivity contribution is 5.76. The lowest BCUT2D eigenvalue weighted by Gasteiger charge is -2.53. The van der Waals surface area contributed by atoms with Gasteiger partial charge in [0.05, 0.1) is 12.1 Å². The van der Waals surface area contributed by atoms with Crippen LogP contribution in [0.2, 0.25) is 0 Å². The number of carbonyl (C=O) groups is 1. The van der Waals surface area contributed by atoms with Crippen molar-refractivity contribution in [2.24, 2.45) is 10.8 Å². The number of urea groups is 1. The lowest BCUT2D eigenvalue weighted by atomic mass is 9.74. The van der Waals surface area contributed by atoms with Crippen LogP contribution < -0.4 is 5.32 Å². The highest BCUT2D eigenvalue weighted by Crippen LogP contribution is 2.49. The second kappa shape index (κ2) is 6.97. The average Bonchev–Trinajstić information content (AvgIpc) is 3.31. The summed E-state index contributed by atoms with van der Waals surface area (Å²) in [5.41, 5.74) is 1.19. The van der Waals surface area contributed by atoms with Gasteiger partial charge in [-0.1, -0.05) is 44.2 Å². The molecule has 4 rings (SSSR count). The predicted molar refractivity (Wildman–Crippen MR) is 106 cm³/mol. The number of carbonyl (C=O) groups excluding carboxylic acids is 1. The molecular formula is C22H27N5O. The Morgan fingerprint density at radius 2 is 2.07 bits per heavy atom. The molecule has 1 saturated carbocycles. The first-order valence-corrected chi connectivity index (χ1v) is 9.91. The van der Waals surface area contributed by atoms with Gasteiger partial charge in [-0.2, -0.15) is 5.26 Å². The molecule has 0 spiro atoms. The number of aromatic nitrogens is 2. The smallest absolute Gasteiger partial charge is 0.318 e. The number of benzene rings is 1. The lowest BCUT2D eigenvalue weighted by Crippen LogP contribution is -2.61. The fraction of sp³-hybridized carbons (Fsp3) is 0.500. The van der Waals surface area contributed by atoms with E-state index in [0.717, 1.165) is 25.2 Å². The molecule has 1 aromatic carbocycles. The van der Waals surface area contributed by atoms with Crippen molar-refractivity contribution in [3.8, 4) is 6.07 Å². The highest BCUT2D eigenvalue weighted by atomic mass is 16.2. The van der Waals surface area contributed by atoms with Crippen molar-refractivity contribution in [3.05, 3.63) is 54.1 Å². The van der Waals surface area contributed by atoms with E-state index in [1.54, 1.807) is 0 Å². The van der Waals surface area contributed by atoms with E-state index in [2.05, 4.69) is 46.9 Å². The number of imidazole rings is 1. The van der Waals surface area contributed by atoms with Crippen LogP contribution in [0.4, 0.5) is 4.79 Å². The monoisotopic (exact) mass is 377 g/mol. The van der Waals surface area contributed by atoms with Crippen LogP contribution >= 0.6 is 0 Å². The molecule has 146 valence electrons. The number of amides is 2. The van der Waals surface area contributed by atoms with E-state index < -0.39 is 0 Å². The molecule has 2 amide bonds. The van der Waals surface area contributed by atoms with E-state index >= 15 is 0 Å². The number of likely N-dealkylation sites (tertiary alicyclic amines) is 1. The summed E-state index contributed by atoms with van der Waals surface area (Å²) >= 11 is 0. The summed E-state index contributed by atoms with van der Waals surface area (Å²) in [5.74, 6) is 0.924. The zero-order valence-electron chi connectivity index (χ0n) is 16.6. The van der Waals surface area contributed by atoms with Crippen LogP contribution in [0.1, 0.15) is 50.5 Å². The Labute approximate surface area is 166 Å². The van der Waals surface area contributed by atoms with Crippen LogP contribution in [0, 0.1) is 22.2 Å². The van der Waals surface area contributed by atoms with Gasteiger partial charge in [0.1, 0.15) is 5.82 Å². The van der Waals surface area contributed by atoms with Gasteiger partial charge in [-0.05, 0) is 18.4 Å². The first-order valence-electron chi connectivity index (χ1n) is 9.91. The molecule has 2 aliphatic rings. The minimum absolute atomic E-state index is 0.00602. The van der Waals surface area contributed by atoms with Gasteiger partial charge >= 0.3 is 6.03 Å². The summed E-state index contributed by atoms with van der Waals surface area (Å²) in [5, 5.41) is 12.0. The molecule has 1 aromatic heterocycles. The average molecular weight is 377 g/mol. The number of nitrogens with zero attached hydrogens (tertiary/aromatic N) is 4. The van der Waals surface area contributed by atoms with Gasteiger partial charge in [0, 0.05) is 49.3 Å². The second-order valence-electron chi connectivity index (χ2n) is 8.91. The molecule has 28 heavy (non-hydrogen) atoms. The molecule has 0 bridgehead atoms. The molecule has 1 aliphatic carbocycles. The van der Waals surface area contributed by atoms with E-state index in [9.17, 15) is 4.79 Å². The number of hydrogen-bond donors (Lipinski definition) is 1. The summed E-state index contributed by atoms with van der Waals surface area (Å²) in [7, 11) is 0. The zero-order chi connectivity index (χ0) is 19.8. The van der Waals surface area contributed by atoms with Gasteiger partial charge in [-0.25, -0.2) is 9.78 Å². The van der Waals surface area contributed by atoms with Crippen molar-refractivity contribution in [1.29, 1.82) is 5.26 Å².